The molecule has 0 bridgehead atoms. The lowest BCUT2D eigenvalue weighted by molar-refractivity contribution is -0.452. The Hall–Kier alpha value is -1.39. The molecule has 0 saturated heterocycles. The van der Waals surface area contributed by atoms with Crippen LogP contribution in [0.1, 0.15) is 20.3 Å². The fourth-order valence-electron chi connectivity index (χ4n) is 1.80. The van der Waals surface area contributed by atoms with Crippen molar-refractivity contribution in [3.63, 3.8) is 0 Å². The normalized spacial score (nSPS) is 14.6. The molecule has 1 aromatic rings. The summed E-state index contributed by atoms with van der Waals surface area (Å²) in [4.78, 5) is 12.0. The molecule has 0 fully saturated rings. The van der Waals surface area contributed by atoms with E-state index in [0.29, 0.717) is 22.2 Å². The van der Waals surface area contributed by atoms with Crippen molar-refractivity contribution in [1.82, 2.24) is 0 Å². The van der Waals surface area contributed by atoms with E-state index in [1.165, 1.54) is 4.68 Å². The van der Waals surface area contributed by atoms with Crippen molar-refractivity contribution in [2.75, 3.05) is 6.61 Å². The number of benzene rings is 1. The van der Waals surface area contributed by atoms with Gasteiger partial charge < -0.3 is 4.74 Å². The van der Waals surface area contributed by atoms with Gasteiger partial charge >= 0.3 is 5.91 Å². The van der Waals surface area contributed by atoms with E-state index in [0.717, 1.165) is 11.4 Å². The van der Waals surface area contributed by atoms with Crippen LogP contribution in [0.15, 0.2) is 23.3 Å². The second-order valence-electron chi connectivity index (χ2n) is 4.32. The van der Waals surface area contributed by atoms with Gasteiger partial charge in [-0.1, -0.05) is 23.2 Å². The molecule has 1 aromatic carbocycles. The molecule has 1 amide bonds. The van der Waals surface area contributed by atoms with E-state index in [9.17, 15) is 4.79 Å². The minimum atomic E-state index is -0.222. The highest BCUT2D eigenvalue weighted by molar-refractivity contribution is 6.35. The Morgan fingerprint density at radius 2 is 2.16 bits per heavy atom. The molecule has 0 spiro atoms. The first-order valence-electron chi connectivity index (χ1n) is 5.74. The van der Waals surface area contributed by atoms with Crippen molar-refractivity contribution in [3.05, 3.63) is 28.2 Å². The number of rotatable bonds is 3. The summed E-state index contributed by atoms with van der Waals surface area (Å²) in [6.45, 7) is 3.64. The molecule has 0 N–H and O–H groups in total. The first-order chi connectivity index (χ1) is 8.97. The number of halogens is 2. The Balaban J connectivity index is 2.03. The fourth-order valence-corrected chi connectivity index (χ4v) is 2.26. The van der Waals surface area contributed by atoms with Crippen molar-refractivity contribution in [1.29, 1.82) is 0 Å². The SMILES string of the molecule is CC1=N[N+](C(=O)COc2ccc(Cl)cc2Cl)=C(C)C1. The molecule has 100 valence electrons. The highest BCUT2D eigenvalue weighted by Gasteiger charge is 2.28. The molecule has 1 aliphatic heterocycles. The van der Waals surface area contributed by atoms with Gasteiger partial charge in [0.2, 0.25) is 6.61 Å². The molecule has 0 aromatic heterocycles. The molecule has 2 rings (SSSR count). The third-order valence-corrected chi connectivity index (χ3v) is 3.16. The molecule has 1 aliphatic rings. The van der Waals surface area contributed by atoms with Gasteiger partial charge in [-0.3, -0.25) is 0 Å². The Kier molecular flexibility index (Phi) is 4.22. The summed E-state index contributed by atoms with van der Waals surface area (Å²) >= 11 is 11.7. The van der Waals surface area contributed by atoms with Crippen LogP contribution in [0.2, 0.25) is 10.0 Å². The van der Waals surface area contributed by atoms with Crippen molar-refractivity contribution in [2.24, 2.45) is 5.10 Å². The minimum Gasteiger partial charge on any atom is -0.477 e. The van der Waals surface area contributed by atoms with Crippen LogP contribution in [0.3, 0.4) is 0 Å². The van der Waals surface area contributed by atoms with E-state index in [-0.39, 0.29) is 12.5 Å². The average Bonchev–Trinajstić information content (AvgIpc) is 2.67. The second kappa shape index (κ2) is 5.72. The topological polar surface area (TPSA) is 41.7 Å². The van der Waals surface area contributed by atoms with Gasteiger partial charge in [0.1, 0.15) is 5.75 Å². The molecule has 4 nitrogen and oxygen atoms in total. The number of nitrogens with zero attached hydrogens (tertiary/aromatic N) is 2. The van der Waals surface area contributed by atoms with Crippen LogP contribution in [0.25, 0.3) is 0 Å². The molecule has 0 unspecified atom stereocenters. The number of hydrogen-bond acceptors (Lipinski definition) is 3. The molecule has 1 heterocycles. The third kappa shape index (κ3) is 3.33. The lowest BCUT2D eigenvalue weighted by Crippen LogP contribution is -2.24. The fraction of sp³-hybridized carbons (Fsp3) is 0.308. The Morgan fingerprint density at radius 3 is 2.74 bits per heavy atom. The second-order valence-corrected chi connectivity index (χ2v) is 5.16. The zero-order valence-corrected chi connectivity index (χ0v) is 12.1. The highest BCUT2D eigenvalue weighted by Crippen LogP contribution is 2.27. The van der Waals surface area contributed by atoms with Gasteiger partial charge in [-0.2, -0.15) is 0 Å². The number of carbonyl (C=O) groups is 1. The molecule has 0 radical (unpaired) electrons. The van der Waals surface area contributed by atoms with Crippen molar-refractivity contribution in [2.45, 2.75) is 20.3 Å². The van der Waals surface area contributed by atoms with Gasteiger partial charge in [-0.15, -0.1) is 0 Å². The smallest absolute Gasteiger partial charge is 0.454 e. The van der Waals surface area contributed by atoms with Crippen LogP contribution in [-0.2, 0) is 4.79 Å². The summed E-state index contributed by atoms with van der Waals surface area (Å²) in [5.74, 6) is 0.206. The van der Waals surface area contributed by atoms with E-state index in [4.69, 9.17) is 27.9 Å². The Morgan fingerprint density at radius 1 is 1.42 bits per heavy atom. The number of hydrogen-bond donors (Lipinski definition) is 0. The van der Waals surface area contributed by atoms with Crippen LogP contribution in [-0.4, -0.2) is 28.6 Å². The number of ether oxygens (including phenoxy) is 1. The van der Waals surface area contributed by atoms with E-state index in [1.54, 1.807) is 18.2 Å². The van der Waals surface area contributed by atoms with Crippen molar-refractivity contribution >= 4 is 40.5 Å². The quantitative estimate of drug-likeness (QED) is 0.805. The summed E-state index contributed by atoms with van der Waals surface area (Å²) in [7, 11) is 0. The van der Waals surface area contributed by atoms with Crippen LogP contribution >= 0.6 is 23.2 Å². The molecule has 6 heteroatoms. The van der Waals surface area contributed by atoms with Gasteiger partial charge in [-0.25, -0.2) is 4.79 Å². The van der Waals surface area contributed by atoms with Crippen molar-refractivity contribution < 1.29 is 14.2 Å². The molecule has 0 aliphatic carbocycles. The van der Waals surface area contributed by atoms with E-state index < -0.39 is 0 Å². The zero-order valence-electron chi connectivity index (χ0n) is 10.6. The highest BCUT2D eigenvalue weighted by atomic mass is 35.5. The summed E-state index contributed by atoms with van der Waals surface area (Å²) in [5.41, 5.74) is 1.81. The Bertz CT molecular complexity index is 594. The third-order valence-electron chi connectivity index (χ3n) is 2.63. The molecular formula is C13H13Cl2N2O2+. The predicted octanol–water partition coefficient (Wildman–Crippen LogP) is 3.15. The maximum Gasteiger partial charge on any atom is 0.454 e. The standard InChI is InChI=1S/C13H13Cl2N2O2/c1-8-5-9(2)17(16-8)13(18)7-19-12-4-3-10(14)6-11(12)15/h3-4,6H,5,7H2,1-2H3/q+1. The zero-order chi connectivity index (χ0) is 14.0. The van der Waals surface area contributed by atoms with Gasteiger partial charge in [0.05, 0.1) is 17.2 Å². The molecule has 0 atom stereocenters. The van der Waals surface area contributed by atoms with E-state index >= 15 is 0 Å². The summed E-state index contributed by atoms with van der Waals surface area (Å²) in [6, 6.07) is 4.86. The van der Waals surface area contributed by atoms with Gasteiger partial charge in [0, 0.05) is 11.9 Å². The summed E-state index contributed by atoms with van der Waals surface area (Å²) in [6.07, 6.45) is 0.716. The lowest BCUT2D eigenvalue weighted by Gasteiger charge is -2.04. The molecule has 19 heavy (non-hydrogen) atoms. The van der Waals surface area contributed by atoms with Gasteiger partial charge in [0.25, 0.3) is 0 Å². The first kappa shape index (κ1) is 14.0. The average molecular weight is 300 g/mol. The number of hydrazone groups is 1. The number of amides is 1. The number of carbonyl (C=O) groups excluding carboxylic acids is 1. The monoisotopic (exact) mass is 299 g/mol. The van der Waals surface area contributed by atoms with Gasteiger partial charge in [0.15, 0.2) is 5.71 Å². The largest absolute Gasteiger partial charge is 0.477 e. The predicted molar refractivity (Wildman–Crippen MR) is 75.6 cm³/mol. The van der Waals surface area contributed by atoms with Gasteiger partial charge in [-0.05, 0) is 34.9 Å². The summed E-state index contributed by atoms with van der Waals surface area (Å²) < 4.78 is 6.76. The maximum absolute atomic E-state index is 12.0. The van der Waals surface area contributed by atoms with Crippen molar-refractivity contribution in [3.8, 4) is 5.75 Å². The van der Waals surface area contributed by atoms with Crippen LogP contribution in [0.5, 0.6) is 5.75 Å². The molecule has 0 saturated carbocycles. The van der Waals surface area contributed by atoms with E-state index in [1.807, 2.05) is 13.8 Å². The van der Waals surface area contributed by atoms with E-state index in [2.05, 4.69) is 5.10 Å². The van der Waals surface area contributed by atoms with Crippen LogP contribution < -0.4 is 4.74 Å². The Labute approximate surface area is 121 Å². The van der Waals surface area contributed by atoms with Crippen LogP contribution in [0.4, 0.5) is 0 Å². The van der Waals surface area contributed by atoms with Crippen LogP contribution in [0, 0.1) is 0 Å². The summed E-state index contributed by atoms with van der Waals surface area (Å²) in [5, 5.41) is 5.05. The first-order valence-corrected chi connectivity index (χ1v) is 6.50. The minimum absolute atomic E-state index is 0.116. The maximum atomic E-state index is 12.0. The lowest BCUT2D eigenvalue weighted by atomic mass is 10.2. The molecular weight excluding hydrogens is 287 g/mol.